The number of benzene rings is 1. The maximum Gasteiger partial charge on any atom is 0.290 e. The summed E-state index contributed by atoms with van der Waals surface area (Å²) in [4.78, 5) is 25.5. The highest BCUT2D eigenvalue weighted by Gasteiger charge is 2.52. The Morgan fingerprint density at radius 3 is 2.65 bits per heavy atom. The Morgan fingerprint density at radius 2 is 2.06 bits per heavy atom. The fraction of sp³-hybridized carbons (Fsp3) is 0.450. The number of carboxylic acid groups (broad SMARTS) is 1. The van der Waals surface area contributed by atoms with Crippen LogP contribution in [0.15, 0.2) is 36.8 Å². The fourth-order valence-electron chi connectivity index (χ4n) is 3.51. The summed E-state index contributed by atoms with van der Waals surface area (Å²) in [6, 6.07) is 7.51. The average Bonchev–Trinajstić information content (AvgIpc) is 3.16. The lowest BCUT2D eigenvalue weighted by molar-refractivity contribution is -0.137. The summed E-state index contributed by atoms with van der Waals surface area (Å²) in [6.07, 6.45) is 5.06. The van der Waals surface area contributed by atoms with Crippen molar-refractivity contribution in [1.29, 1.82) is 0 Å². The van der Waals surface area contributed by atoms with Gasteiger partial charge in [0.25, 0.3) is 6.47 Å². The van der Waals surface area contributed by atoms with Gasteiger partial charge in [-0.25, -0.2) is 13.4 Å². The van der Waals surface area contributed by atoms with E-state index >= 15 is 0 Å². The third-order valence-electron chi connectivity index (χ3n) is 5.15. The molecule has 0 unspecified atom stereocenters. The first-order valence-corrected chi connectivity index (χ1v) is 11.5. The highest BCUT2D eigenvalue weighted by Crippen LogP contribution is 2.36. The van der Waals surface area contributed by atoms with E-state index in [4.69, 9.17) is 14.6 Å². The number of aromatic nitrogens is 2. The Hall–Kier alpha value is -2.92. The molecular weight excluding hydrogens is 424 g/mol. The van der Waals surface area contributed by atoms with Gasteiger partial charge in [0.15, 0.2) is 0 Å². The lowest BCUT2D eigenvalue weighted by Crippen LogP contribution is -2.65. The van der Waals surface area contributed by atoms with Gasteiger partial charge in [-0.15, -0.1) is 0 Å². The lowest BCUT2D eigenvalue weighted by atomic mass is 9.75. The number of methoxy groups -OCH3 is 1. The van der Waals surface area contributed by atoms with E-state index in [-0.39, 0.29) is 25.5 Å². The van der Waals surface area contributed by atoms with Crippen molar-refractivity contribution >= 4 is 22.4 Å². The maximum atomic E-state index is 13.1. The van der Waals surface area contributed by atoms with Crippen molar-refractivity contribution < 1.29 is 27.9 Å². The Morgan fingerprint density at radius 1 is 1.39 bits per heavy atom. The zero-order chi connectivity index (χ0) is 23.1. The predicted octanol–water partition coefficient (Wildman–Crippen LogP) is 0.733. The Labute approximate surface area is 181 Å². The minimum Gasteiger partial charge on any atom is -0.497 e. The minimum absolute atomic E-state index is 0.154. The van der Waals surface area contributed by atoms with Gasteiger partial charge < -0.3 is 19.7 Å². The summed E-state index contributed by atoms with van der Waals surface area (Å²) >= 11 is 0. The Balaban J connectivity index is 0.00000107. The molecule has 11 heteroatoms. The van der Waals surface area contributed by atoms with Crippen LogP contribution in [0.25, 0.3) is 0 Å². The van der Waals surface area contributed by atoms with Crippen molar-refractivity contribution in [2.24, 2.45) is 5.41 Å². The molecule has 10 nitrogen and oxygen atoms in total. The largest absolute Gasteiger partial charge is 0.497 e. The second-order valence-corrected chi connectivity index (χ2v) is 9.28. The molecule has 0 radical (unpaired) electrons. The second kappa shape index (κ2) is 10.4. The summed E-state index contributed by atoms with van der Waals surface area (Å²) in [5.41, 5.74) is 1.04. The van der Waals surface area contributed by atoms with Gasteiger partial charge in [0.2, 0.25) is 15.9 Å². The minimum atomic E-state index is -3.33. The molecule has 1 saturated heterocycles. The molecule has 0 spiro atoms. The summed E-state index contributed by atoms with van der Waals surface area (Å²) in [5, 5.41) is 9.86. The first-order valence-electron chi connectivity index (χ1n) is 9.62. The summed E-state index contributed by atoms with van der Waals surface area (Å²) < 4.78 is 32.3. The monoisotopic (exact) mass is 452 g/mol. The summed E-state index contributed by atoms with van der Waals surface area (Å²) in [7, 11) is -1.74. The molecule has 2 N–H and O–H groups in total. The number of amides is 1. The molecular formula is C20H28N4O6S. The van der Waals surface area contributed by atoms with E-state index in [9.17, 15) is 13.2 Å². The molecule has 0 bridgehead atoms. The molecule has 2 heterocycles. The Bertz CT molecular complexity index is 999. The Kier molecular flexibility index (Phi) is 8.17. The number of hydrogen-bond donors (Lipinski definition) is 2. The number of carbonyl (C=O) groups is 2. The standard InChI is InChI=1S/C19H26N4O4S.CH2O2/c1-4-22-14-20-10-16(22)11-21-18(24)19(12-23(13-19)28(3,25)26)9-15-6-5-7-17(8-15)27-2;2-1-3/h5-8,10,14H,4,9,11-13H2,1-3H3,(H,21,24);1H,(H,2,3). The van der Waals surface area contributed by atoms with E-state index in [2.05, 4.69) is 10.3 Å². The van der Waals surface area contributed by atoms with Crippen LogP contribution in [-0.4, -0.2) is 66.2 Å². The second-order valence-electron chi connectivity index (χ2n) is 7.30. The number of ether oxygens (including phenoxy) is 1. The van der Waals surface area contributed by atoms with Gasteiger partial charge in [-0.3, -0.25) is 9.59 Å². The third kappa shape index (κ3) is 6.05. The normalized spacial score (nSPS) is 15.2. The van der Waals surface area contributed by atoms with Crippen LogP contribution < -0.4 is 10.1 Å². The van der Waals surface area contributed by atoms with Crippen molar-refractivity contribution in [2.45, 2.75) is 26.4 Å². The predicted molar refractivity (Wildman–Crippen MR) is 114 cm³/mol. The SMILES string of the molecule is CCn1cncc1CNC(=O)C1(Cc2cccc(OC)c2)CN(S(C)(=O)=O)C1.O=CO. The molecule has 0 atom stereocenters. The third-order valence-corrected chi connectivity index (χ3v) is 6.35. The summed E-state index contributed by atoms with van der Waals surface area (Å²) in [6.45, 7) is 3.21. The number of aryl methyl sites for hydroxylation is 1. The number of nitrogens with zero attached hydrogens (tertiary/aromatic N) is 3. The number of sulfonamides is 1. The molecule has 1 aromatic heterocycles. The summed E-state index contributed by atoms with van der Waals surface area (Å²) in [5.74, 6) is 0.554. The zero-order valence-corrected chi connectivity index (χ0v) is 18.6. The van der Waals surface area contributed by atoms with Crippen molar-refractivity contribution in [1.82, 2.24) is 19.2 Å². The molecule has 170 valence electrons. The maximum absolute atomic E-state index is 13.1. The van der Waals surface area contributed by atoms with Crippen LogP contribution in [0.3, 0.4) is 0 Å². The van der Waals surface area contributed by atoms with Gasteiger partial charge in [0.1, 0.15) is 5.75 Å². The van der Waals surface area contributed by atoms with Gasteiger partial charge in [0.05, 0.1) is 37.3 Å². The van der Waals surface area contributed by atoms with E-state index in [1.807, 2.05) is 35.8 Å². The first-order chi connectivity index (χ1) is 14.7. The molecule has 0 aliphatic carbocycles. The van der Waals surface area contributed by atoms with Crippen LogP contribution in [0.1, 0.15) is 18.2 Å². The molecule has 1 aromatic carbocycles. The van der Waals surface area contributed by atoms with Gasteiger partial charge in [0, 0.05) is 25.8 Å². The van der Waals surface area contributed by atoms with E-state index in [1.54, 1.807) is 19.6 Å². The highest BCUT2D eigenvalue weighted by molar-refractivity contribution is 7.88. The number of imidazole rings is 1. The number of carbonyl (C=O) groups excluding carboxylic acids is 1. The van der Waals surface area contributed by atoms with E-state index in [0.29, 0.717) is 18.7 Å². The van der Waals surface area contributed by atoms with Crippen molar-refractivity contribution in [3.8, 4) is 5.75 Å². The molecule has 3 rings (SSSR count). The molecule has 1 aliphatic rings. The van der Waals surface area contributed by atoms with Crippen molar-refractivity contribution in [2.75, 3.05) is 26.5 Å². The van der Waals surface area contributed by atoms with Crippen LogP contribution >= 0.6 is 0 Å². The van der Waals surface area contributed by atoms with Gasteiger partial charge in [-0.2, -0.15) is 4.31 Å². The molecule has 31 heavy (non-hydrogen) atoms. The zero-order valence-electron chi connectivity index (χ0n) is 17.8. The molecule has 1 aliphatic heterocycles. The topological polar surface area (TPSA) is 131 Å². The van der Waals surface area contributed by atoms with E-state index in [1.165, 1.54) is 10.6 Å². The van der Waals surface area contributed by atoms with Crippen molar-refractivity contribution in [3.05, 3.63) is 48.0 Å². The number of hydrogen-bond acceptors (Lipinski definition) is 6. The van der Waals surface area contributed by atoms with Crippen LogP contribution in [0.4, 0.5) is 0 Å². The van der Waals surface area contributed by atoms with E-state index in [0.717, 1.165) is 17.8 Å². The van der Waals surface area contributed by atoms with Crippen molar-refractivity contribution in [3.63, 3.8) is 0 Å². The fourth-order valence-corrected chi connectivity index (χ4v) is 4.47. The lowest BCUT2D eigenvalue weighted by Gasteiger charge is -2.47. The highest BCUT2D eigenvalue weighted by atomic mass is 32.2. The van der Waals surface area contributed by atoms with Crippen LogP contribution in [0, 0.1) is 5.41 Å². The number of nitrogens with one attached hydrogen (secondary N) is 1. The molecule has 0 saturated carbocycles. The van der Waals surface area contributed by atoms with Crippen LogP contribution in [0.5, 0.6) is 5.75 Å². The molecule has 2 aromatic rings. The van der Waals surface area contributed by atoms with E-state index < -0.39 is 15.4 Å². The first kappa shape index (κ1) is 24.4. The van der Waals surface area contributed by atoms with Gasteiger partial charge in [-0.05, 0) is 31.0 Å². The van der Waals surface area contributed by atoms with Gasteiger partial charge in [-0.1, -0.05) is 12.1 Å². The smallest absolute Gasteiger partial charge is 0.290 e. The van der Waals surface area contributed by atoms with Gasteiger partial charge >= 0.3 is 0 Å². The molecule has 1 amide bonds. The van der Waals surface area contributed by atoms with Crippen LogP contribution in [0.2, 0.25) is 0 Å². The quantitative estimate of drug-likeness (QED) is 0.565. The molecule has 1 fully saturated rings. The number of rotatable bonds is 8. The average molecular weight is 453 g/mol. The van der Waals surface area contributed by atoms with Crippen LogP contribution in [-0.2, 0) is 39.1 Å².